The fourth-order valence-corrected chi connectivity index (χ4v) is 3.30. The monoisotopic (exact) mass is 371 g/mol. The number of benzene rings is 2. The number of anilines is 1. The summed E-state index contributed by atoms with van der Waals surface area (Å²) < 4.78 is 18.3. The van der Waals surface area contributed by atoms with Crippen LogP contribution in [0.1, 0.15) is 12.5 Å². The van der Waals surface area contributed by atoms with E-state index < -0.39 is 0 Å². The van der Waals surface area contributed by atoms with Crippen molar-refractivity contribution in [1.82, 2.24) is 10.2 Å². The third kappa shape index (κ3) is 4.98. The molecule has 1 atom stereocenters. The third-order valence-corrected chi connectivity index (χ3v) is 5.03. The average Bonchev–Trinajstić information content (AvgIpc) is 2.72. The highest BCUT2D eigenvalue weighted by molar-refractivity contribution is 5.81. The quantitative estimate of drug-likeness (QED) is 0.848. The Morgan fingerprint density at radius 3 is 2.52 bits per heavy atom. The molecule has 144 valence electrons. The summed E-state index contributed by atoms with van der Waals surface area (Å²) in [5.74, 6) is 0.582. The van der Waals surface area contributed by atoms with Gasteiger partial charge in [0.1, 0.15) is 11.6 Å². The molecular weight excluding hydrogens is 345 g/mol. The second kappa shape index (κ2) is 8.86. The number of halogens is 1. The molecule has 0 aliphatic carbocycles. The Morgan fingerprint density at radius 2 is 1.85 bits per heavy atom. The zero-order valence-corrected chi connectivity index (χ0v) is 15.8. The molecule has 2 aromatic carbocycles. The number of nitrogens with one attached hydrogen (secondary N) is 1. The van der Waals surface area contributed by atoms with Gasteiger partial charge in [-0.3, -0.25) is 9.69 Å². The van der Waals surface area contributed by atoms with Gasteiger partial charge in [0.2, 0.25) is 5.91 Å². The van der Waals surface area contributed by atoms with Crippen molar-refractivity contribution < 1.29 is 13.9 Å². The third-order valence-electron chi connectivity index (χ3n) is 5.03. The van der Waals surface area contributed by atoms with Gasteiger partial charge in [-0.1, -0.05) is 12.1 Å². The molecule has 1 unspecified atom stereocenters. The first-order valence-electron chi connectivity index (χ1n) is 9.22. The largest absolute Gasteiger partial charge is 0.497 e. The van der Waals surface area contributed by atoms with Gasteiger partial charge in [-0.15, -0.1) is 0 Å². The van der Waals surface area contributed by atoms with Crippen LogP contribution < -0.4 is 15.0 Å². The standard InChI is InChI=1S/C21H26FN3O2/c1-16(21(26)23-15-17-4-3-5-20(14-17)27-2)24-10-12-25(13-11-24)19-8-6-18(22)7-9-19/h3-9,14,16H,10-13,15H2,1-2H3,(H,23,26). The molecule has 1 aliphatic rings. The molecule has 2 aromatic rings. The minimum atomic E-state index is -0.223. The van der Waals surface area contributed by atoms with Gasteiger partial charge in [-0.05, 0) is 48.9 Å². The highest BCUT2D eigenvalue weighted by Crippen LogP contribution is 2.18. The second-order valence-electron chi connectivity index (χ2n) is 6.74. The summed E-state index contributed by atoms with van der Waals surface area (Å²) >= 11 is 0. The first-order chi connectivity index (χ1) is 13.1. The number of carbonyl (C=O) groups is 1. The van der Waals surface area contributed by atoms with E-state index in [-0.39, 0.29) is 17.8 Å². The number of piperazine rings is 1. The van der Waals surface area contributed by atoms with Gasteiger partial charge in [-0.2, -0.15) is 0 Å². The normalized spacial score (nSPS) is 16.0. The van der Waals surface area contributed by atoms with Crippen molar-refractivity contribution in [3.63, 3.8) is 0 Å². The maximum atomic E-state index is 13.1. The summed E-state index contributed by atoms with van der Waals surface area (Å²) in [6.07, 6.45) is 0. The fraction of sp³-hybridized carbons (Fsp3) is 0.381. The molecule has 1 aliphatic heterocycles. The van der Waals surface area contributed by atoms with Crippen molar-refractivity contribution >= 4 is 11.6 Å². The number of carbonyl (C=O) groups excluding carboxylic acids is 1. The van der Waals surface area contributed by atoms with Crippen molar-refractivity contribution in [2.75, 3.05) is 38.2 Å². The van der Waals surface area contributed by atoms with E-state index in [0.717, 1.165) is 43.2 Å². The van der Waals surface area contributed by atoms with Crippen LogP contribution >= 0.6 is 0 Å². The first kappa shape index (κ1) is 19.2. The Balaban J connectivity index is 1.48. The number of methoxy groups -OCH3 is 1. The topological polar surface area (TPSA) is 44.8 Å². The summed E-state index contributed by atoms with van der Waals surface area (Å²) in [5, 5.41) is 3.01. The molecule has 0 bridgehead atoms. The van der Waals surface area contributed by atoms with E-state index in [1.165, 1.54) is 12.1 Å². The predicted molar refractivity (Wildman–Crippen MR) is 104 cm³/mol. The molecule has 6 heteroatoms. The van der Waals surface area contributed by atoms with Gasteiger partial charge < -0.3 is 15.0 Å². The molecule has 3 rings (SSSR count). The summed E-state index contributed by atoms with van der Waals surface area (Å²) in [7, 11) is 1.63. The van der Waals surface area contributed by atoms with Gasteiger partial charge in [0, 0.05) is 38.4 Å². The zero-order valence-electron chi connectivity index (χ0n) is 15.8. The van der Waals surface area contributed by atoms with E-state index in [1.54, 1.807) is 19.2 Å². The van der Waals surface area contributed by atoms with E-state index >= 15 is 0 Å². The van der Waals surface area contributed by atoms with Crippen molar-refractivity contribution in [2.24, 2.45) is 0 Å². The smallest absolute Gasteiger partial charge is 0.237 e. The number of hydrogen-bond donors (Lipinski definition) is 1. The van der Waals surface area contributed by atoms with Crippen molar-refractivity contribution in [3.8, 4) is 5.75 Å². The summed E-state index contributed by atoms with van der Waals surface area (Å²) in [4.78, 5) is 16.9. The highest BCUT2D eigenvalue weighted by Gasteiger charge is 2.25. The first-order valence-corrected chi connectivity index (χ1v) is 9.22. The van der Waals surface area contributed by atoms with Crippen molar-refractivity contribution in [1.29, 1.82) is 0 Å². The lowest BCUT2D eigenvalue weighted by Gasteiger charge is -2.38. The Bertz CT molecular complexity index is 758. The average molecular weight is 371 g/mol. The Morgan fingerprint density at radius 1 is 1.15 bits per heavy atom. The number of ether oxygens (including phenoxy) is 1. The van der Waals surface area contributed by atoms with Gasteiger partial charge in [0.15, 0.2) is 0 Å². The number of rotatable bonds is 6. The number of amides is 1. The zero-order chi connectivity index (χ0) is 19.2. The van der Waals surface area contributed by atoms with Gasteiger partial charge in [0.25, 0.3) is 0 Å². The number of nitrogens with zero attached hydrogens (tertiary/aromatic N) is 2. The minimum absolute atomic E-state index is 0.0213. The number of hydrogen-bond acceptors (Lipinski definition) is 4. The molecule has 27 heavy (non-hydrogen) atoms. The van der Waals surface area contributed by atoms with Crippen LogP contribution in [0.25, 0.3) is 0 Å². The molecule has 0 saturated carbocycles. The molecule has 1 saturated heterocycles. The van der Waals surface area contributed by atoms with E-state index in [9.17, 15) is 9.18 Å². The van der Waals surface area contributed by atoms with E-state index in [2.05, 4.69) is 15.1 Å². The van der Waals surface area contributed by atoms with Gasteiger partial charge >= 0.3 is 0 Å². The highest BCUT2D eigenvalue weighted by atomic mass is 19.1. The predicted octanol–water partition coefficient (Wildman–Crippen LogP) is 2.66. The molecule has 0 aromatic heterocycles. The molecule has 1 fully saturated rings. The van der Waals surface area contributed by atoms with Crippen LogP contribution in [0.5, 0.6) is 5.75 Å². The molecule has 1 heterocycles. The van der Waals surface area contributed by atoms with Crippen molar-refractivity contribution in [3.05, 3.63) is 59.9 Å². The van der Waals surface area contributed by atoms with Gasteiger partial charge in [0.05, 0.1) is 13.2 Å². The Kier molecular flexibility index (Phi) is 6.29. The van der Waals surface area contributed by atoms with Crippen LogP contribution in [-0.2, 0) is 11.3 Å². The lowest BCUT2D eigenvalue weighted by Crippen LogP contribution is -2.53. The van der Waals surface area contributed by atoms with Crippen molar-refractivity contribution in [2.45, 2.75) is 19.5 Å². The van der Waals surface area contributed by atoms with Crippen LogP contribution in [0.2, 0.25) is 0 Å². The molecule has 5 nitrogen and oxygen atoms in total. The molecular formula is C21H26FN3O2. The van der Waals surface area contributed by atoms with Crippen LogP contribution in [0.15, 0.2) is 48.5 Å². The minimum Gasteiger partial charge on any atom is -0.497 e. The van der Waals surface area contributed by atoms with E-state index in [1.807, 2.05) is 31.2 Å². The summed E-state index contributed by atoms with van der Waals surface area (Å²) in [6.45, 7) is 5.65. The Labute approximate surface area is 159 Å². The Hall–Kier alpha value is -2.60. The van der Waals surface area contributed by atoms with E-state index in [0.29, 0.717) is 6.54 Å². The molecule has 0 spiro atoms. The van der Waals surface area contributed by atoms with Crippen LogP contribution in [0, 0.1) is 5.82 Å². The lowest BCUT2D eigenvalue weighted by atomic mass is 10.1. The maximum Gasteiger partial charge on any atom is 0.237 e. The van der Waals surface area contributed by atoms with Gasteiger partial charge in [-0.25, -0.2) is 4.39 Å². The molecule has 1 N–H and O–H groups in total. The van der Waals surface area contributed by atoms with Crippen LogP contribution in [-0.4, -0.2) is 50.1 Å². The summed E-state index contributed by atoms with van der Waals surface area (Å²) in [5.41, 5.74) is 2.03. The maximum absolute atomic E-state index is 13.1. The lowest BCUT2D eigenvalue weighted by molar-refractivity contribution is -0.126. The summed E-state index contributed by atoms with van der Waals surface area (Å²) in [6, 6.07) is 14.1. The van der Waals surface area contributed by atoms with E-state index in [4.69, 9.17) is 4.74 Å². The van der Waals surface area contributed by atoms with Crippen LogP contribution in [0.3, 0.4) is 0 Å². The second-order valence-corrected chi connectivity index (χ2v) is 6.74. The fourth-order valence-electron chi connectivity index (χ4n) is 3.30. The molecule has 0 radical (unpaired) electrons. The molecule has 1 amide bonds. The SMILES string of the molecule is COc1cccc(CNC(=O)C(C)N2CCN(c3ccc(F)cc3)CC2)c1. The van der Waals surface area contributed by atoms with Crippen LogP contribution in [0.4, 0.5) is 10.1 Å².